The monoisotopic (exact) mass is 513 g/mol. The molecule has 2 aromatic heterocycles. The van der Waals surface area contributed by atoms with E-state index in [2.05, 4.69) is 21.3 Å². The summed E-state index contributed by atoms with van der Waals surface area (Å²) in [7, 11) is 0. The van der Waals surface area contributed by atoms with Crippen LogP contribution in [0.1, 0.15) is 40.6 Å². The zero-order chi connectivity index (χ0) is 26.5. The van der Waals surface area contributed by atoms with Gasteiger partial charge in [0, 0.05) is 29.9 Å². The maximum absolute atomic E-state index is 12.9. The molecule has 5 heterocycles. The van der Waals surface area contributed by atoms with Gasteiger partial charge in [-0.15, -0.1) is 0 Å². The van der Waals surface area contributed by atoms with Gasteiger partial charge < -0.3 is 19.9 Å². The van der Waals surface area contributed by atoms with Crippen LogP contribution in [0, 0.1) is 5.92 Å². The minimum atomic E-state index is -1.41. The van der Waals surface area contributed by atoms with Crippen LogP contribution < -0.4 is 5.32 Å². The SMILES string of the molecule is O=C(N[C@@H]1C2CCN(CC2)[C@H]1Cc1cccnc1)c1cc2ccccc2o1.O=C(O)[C@H](O)c1ccccc1. The fourth-order valence-electron chi connectivity index (χ4n) is 5.48. The minimum Gasteiger partial charge on any atom is -0.479 e. The number of carboxylic acid groups (broad SMARTS) is 1. The molecule has 3 saturated heterocycles. The number of nitrogens with one attached hydrogen (secondary N) is 1. The van der Waals surface area contributed by atoms with Crippen LogP contribution in [0.15, 0.2) is 89.6 Å². The van der Waals surface area contributed by atoms with E-state index >= 15 is 0 Å². The Balaban J connectivity index is 0.000000226. The third kappa shape index (κ3) is 5.77. The topological polar surface area (TPSA) is 116 Å². The van der Waals surface area contributed by atoms with Crippen molar-refractivity contribution in [2.24, 2.45) is 5.92 Å². The molecule has 196 valence electrons. The molecule has 3 aliphatic rings. The molecule has 0 spiro atoms. The Morgan fingerprint density at radius 1 is 1.03 bits per heavy atom. The van der Waals surface area contributed by atoms with Crippen molar-refractivity contribution in [3.8, 4) is 0 Å². The van der Waals surface area contributed by atoms with Crippen LogP contribution in [0.3, 0.4) is 0 Å². The average Bonchev–Trinajstić information content (AvgIpc) is 3.40. The number of aromatic nitrogens is 1. The number of nitrogens with zero attached hydrogens (tertiary/aromatic N) is 2. The Kier molecular flexibility index (Phi) is 7.81. The number of benzene rings is 2. The van der Waals surface area contributed by atoms with E-state index in [9.17, 15) is 9.59 Å². The van der Waals surface area contributed by atoms with E-state index in [1.807, 2.05) is 42.6 Å². The van der Waals surface area contributed by atoms with E-state index in [0.29, 0.717) is 23.3 Å². The van der Waals surface area contributed by atoms with Crippen molar-refractivity contribution in [1.29, 1.82) is 0 Å². The van der Waals surface area contributed by atoms with Crippen molar-refractivity contribution in [3.05, 3.63) is 102 Å². The first kappa shape index (κ1) is 25.6. The highest BCUT2D eigenvalue weighted by atomic mass is 16.4. The molecule has 8 nitrogen and oxygen atoms in total. The van der Waals surface area contributed by atoms with Gasteiger partial charge in [0.2, 0.25) is 0 Å². The number of rotatable bonds is 6. The molecule has 3 N–H and O–H groups in total. The van der Waals surface area contributed by atoms with Crippen LogP contribution in [0.5, 0.6) is 0 Å². The highest BCUT2D eigenvalue weighted by Gasteiger charge is 2.43. The molecule has 7 rings (SSSR count). The van der Waals surface area contributed by atoms with Crippen molar-refractivity contribution in [2.75, 3.05) is 13.1 Å². The van der Waals surface area contributed by atoms with Gasteiger partial charge in [-0.1, -0.05) is 54.6 Å². The van der Waals surface area contributed by atoms with Gasteiger partial charge in [0.25, 0.3) is 5.91 Å². The number of para-hydroxylation sites is 1. The third-order valence-corrected chi connectivity index (χ3v) is 7.43. The van der Waals surface area contributed by atoms with Gasteiger partial charge >= 0.3 is 5.97 Å². The van der Waals surface area contributed by atoms with E-state index in [0.717, 1.165) is 43.3 Å². The van der Waals surface area contributed by atoms with Crippen LogP contribution in [0.2, 0.25) is 0 Å². The van der Waals surface area contributed by atoms with E-state index in [1.54, 1.807) is 36.5 Å². The van der Waals surface area contributed by atoms with Gasteiger partial charge in [-0.3, -0.25) is 14.7 Å². The smallest absolute Gasteiger partial charge is 0.337 e. The fourth-order valence-corrected chi connectivity index (χ4v) is 5.48. The lowest BCUT2D eigenvalue weighted by Crippen LogP contribution is -2.64. The van der Waals surface area contributed by atoms with Gasteiger partial charge in [-0.25, -0.2) is 4.79 Å². The summed E-state index contributed by atoms with van der Waals surface area (Å²) in [5, 5.41) is 21.6. The lowest BCUT2D eigenvalue weighted by Gasteiger charge is -2.51. The quantitative estimate of drug-likeness (QED) is 0.356. The lowest BCUT2D eigenvalue weighted by atomic mass is 9.76. The number of hydrogen-bond donors (Lipinski definition) is 3. The van der Waals surface area contributed by atoms with Gasteiger partial charge in [0.15, 0.2) is 11.9 Å². The standard InChI is InChI=1S/C22H23N3O2.C8H8O3/c26-22(20-13-17-5-1-2-6-19(17)27-20)24-21-16-7-10-25(11-8-16)18(21)12-15-4-3-9-23-14-15;9-7(8(10)11)6-4-2-1-3-5-6/h1-6,9,13-14,16,18,21H,7-8,10-12H2,(H,24,26);1-5,7,9H,(H,10,11)/t18-,21+;7-/m01/s1. The molecule has 8 heteroatoms. The summed E-state index contributed by atoms with van der Waals surface area (Å²) in [5.74, 6) is -0.407. The first-order valence-corrected chi connectivity index (χ1v) is 12.9. The zero-order valence-electron chi connectivity index (χ0n) is 20.9. The molecule has 0 radical (unpaired) electrons. The minimum absolute atomic E-state index is 0.110. The molecule has 1 amide bonds. The maximum atomic E-state index is 12.9. The fraction of sp³-hybridized carbons (Fsp3) is 0.300. The number of amides is 1. The molecular weight excluding hydrogens is 482 g/mol. The molecule has 3 aliphatic heterocycles. The van der Waals surface area contributed by atoms with Crippen LogP contribution in [-0.4, -0.2) is 57.1 Å². The van der Waals surface area contributed by atoms with Crippen LogP contribution in [-0.2, 0) is 11.2 Å². The molecule has 4 aromatic rings. The number of carboxylic acids is 1. The van der Waals surface area contributed by atoms with E-state index in [4.69, 9.17) is 14.6 Å². The van der Waals surface area contributed by atoms with E-state index in [-0.39, 0.29) is 11.9 Å². The summed E-state index contributed by atoms with van der Waals surface area (Å²) in [6.07, 6.45) is 5.54. The zero-order valence-corrected chi connectivity index (χ0v) is 20.9. The van der Waals surface area contributed by atoms with Crippen molar-refractivity contribution < 1.29 is 24.2 Å². The van der Waals surface area contributed by atoms with Crippen LogP contribution in [0.25, 0.3) is 11.0 Å². The number of furan rings is 1. The van der Waals surface area contributed by atoms with Gasteiger partial charge in [0.1, 0.15) is 5.58 Å². The number of pyridine rings is 1. The molecule has 2 aromatic carbocycles. The molecular formula is C30H31N3O5. The molecule has 0 saturated carbocycles. The molecule has 3 atom stereocenters. The predicted molar refractivity (Wildman–Crippen MR) is 143 cm³/mol. The summed E-state index contributed by atoms with van der Waals surface area (Å²) >= 11 is 0. The number of piperidine rings is 3. The Hall–Kier alpha value is -4.01. The molecule has 0 unspecified atom stereocenters. The molecule has 3 fully saturated rings. The second kappa shape index (κ2) is 11.6. The first-order chi connectivity index (χ1) is 18.5. The van der Waals surface area contributed by atoms with Gasteiger partial charge in [0.05, 0.1) is 0 Å². The predicted octanol–water partition coefficient (Wildman–Crippen LogP) is 4.07. The third-order valence-electron chi connectivity index (χ3n) is 7.43. The largest absolute Gasteiger partial charge is 0.479 e. The van der Waals surface area contributed by atoms with Crippen molar-refractivity contribution >= 4 is 22.8 Å². The maximum Gasteiger partial charge on any atom is 0.337 e. The van der Waals surface area contributed by atoms with Crippen LogP contribution >= 0.6 is 0 Å². The number of carbonyl (C=O) groups excluding carboxylic acids is 1. The Labute approximate surface area is 220 Å². The van der Waals surface area contributed by atoms with Gasteiger partial charge in [-0.2, -0.15) is 0 Å². The summed E-state index contributed by atoms with van der Waals surface area (Å²) in [6, 6.07) is 22.4. The second-order valence-electron chi connectivity index (χ2n) is 9.81. The number of aliphatic hydroxyl groups excluding tert-OH is 1. The number of aliphatic carboxylic acids is 1. The van der Waals surface area contributed by atoms with Gasteiger partial charge in [-0.05, 0) is 67.6 Å². The van der Waals surface area contributed by atoms with Crippen LogP contribution in [0.4, 0.5) is 0 Å². The average molecular weight is 514 g/mol. The molecule has 2 bridgehead atoms. The second-order valence-corrected chi connectivity index (χ2v) is 9.81. The summed E-state index contributed by atoms with van der Waals surface area (Å²) in [5.41, 5.74) is 2.38. The van der Waals surface area contributed by atoms with E-state index in [1.165, 1.54) is 5.56 Å². The molecule has 0 aliphatic carbocycles. The normalized spacial score (nSPS) is 22.8. The Bertz CT molecular complexity index is 1330. The number of carbonyl (C=O) groups is 2. The summed E-state index contributed by atoms with van der Waals surface area (Å²) in [4.78, 5) is 29.9. The number of hydrogen-bond acceptors (Lipinski definition) is 6. The van der Waals surface area contributed by atoms with Crippen molar-refractivity contribution in [2.45, 2.75) is 37.5 Å². The summed E-state index contributed by atoms with van der Waals surface area (Å²) < 4.78 is 5.77. The number of fused-ring (bicyclic) bond motifs is 4. The summed E-state index contributed by atoms with van der Waals surface area (Å²) in [6.45, 7) is 2.24. The Morgan fingerprint density at radius 3 is 2.45 bits per heavy atom. The highest BCUT2D eigenvalue weighted by Crippen LogP contribution is 2.34. The lowest BCUT2D eigenvalue weighted by molar-refractivity contribution is -0.146. The van der Waals surface area contributed by atoms with Crippen molar-refractivity contribution in [3.63, 3.8) is 0 Å². The van der Waals surface area contributed by atoms with E-state index < -0.39 is 12.1 Å². The molecule has 38 heavy (non-hydrogen) atoms. The number of aliphatic hydroxyl groups is 1. The van der Waals surface area contributed by atoms with Crippen molar-refractivity contribution in [1.82, 2.24) is 15.2 Å². The Morgan fingerprint density at radius 2 is 1.76 bits per heavy atom. The highest BCUT2D eigenvalue weighted by molar-refractivity contribution is 5.96. The first-order valence-electron chi connectivity index (χ1n) is 12.9.